The minimum atomic E-state index is -0.589. The number of aliphatic hydroxyl groups excluding tert-OH is 1. The quantitative estimate of drug-likeness (QED) is 0.671. The lowest BCUT2D eigenvalue weighted by Gasteiger charge is -2.56. The van der Waals surface area contributed by atoms with E-state index in [9.17, 15) is 14.7 Å². The third-order valence-corrected chi connectivity index (χ3v) is 7.48. The average molecular weight is 408 g/mol. The summed E-state index contributed by atoms with van der Waals surface area (Å²) in [5.41, 5.74) is 0.0211. The number of hydrogen-bond acceptors (Lipinski definition) is 5. The van der Waals surface area contributed by atoms with Crippen molar-refractivity contribution in [2.45, 2.75) is 65.0 Å². The highest BCUT2D eigenvalue weighted by molar-refractivity contribution is 5.78. The van der Waals surface area contributed by atoms with E-state index in [-0.39, 0.29) is 53.5 Å². The van der Waals surface area contributed by atoms with Crippen LogP contribution in [0, 0.1) is 40.4 Å². The van der Waals surface area contributed by atoms with E-state index >= 15 is 0 Å². The van der Waals surface area contributed by atoms with Crippen molar-refractivity contribution in [2.24, 2.45) is 29.1 Å². The first kappa shape index (κ1) is 23.6. The Balaban J connectivity index is 2.13. The Kier molecular flexibility index (Phi) is 8.07. The first-order valence-electron chi connectivity index (χ1n) is 10.7. The second-order valence-electron chi connectivity index (χ2n) is 9.33. The van der Waals surface area contributed by atoms with E-state index in [2.05, 4.69) is 25.2 Å². The van der Waals surface area contributed by atoms with E-state index in [0.717, 1.165) is 25.7 Å². The number of rotatable bonds is 7. The zero-order valence-electron chi connectivity index (χ0n) is 18.5. The summed E-state index contributed by atoms with van der Waals surface area (Å²) in [6, 6.07) is 2.08. The van der Waals surface area contributed by atoms with E-state index < -0.39 is 6.10 Å². The molecule has 7 atom stereocenters. The topological polar surface area (TPSA) is 103 Å². The number of carbonyl (C=O) groups is 2. The molecule has 0 aliphatic heterocycles. The maximum Gasteiger partial charge on any atom is 0.246 e. The molecule has 0 unspecified atom stereocenters. The molecule has 2 rings (SSSR count). The van der Waals surface area contributed by atoms with Crippen LogP contribution in [-0.4, -0.2) is 61.3 Å². The average Bonchev–Trinajstić information content (AvgIpc) is 2.67. The van der Waals surface area contributed by atoms with E-state index in [0.29, 0.717) is 13.0 Å². The molecule has 0 spiro atoms. The Morgan fingerprint density at radius 3 is 2.66 bits per heavy atom. The van der Waals surface area contributed by atoms with Crippen molar-refractivity contribution >= 4 is 11.8 Å². The number of aliphatic hydroxyl groups is 1. The fourth-order valence-electron chi connectivity index (χ4n) is 5.74. The van der Waals surface area contributed by atoms with Crippen LogP contribution in [0.15, 0.2) is 0 Å². The molecule has 0 saturated heterocycles. The van der Waals surface area contributed by atoms with Gasteiger partial charge in [0, 0.05) is 32.7 Å². The monoisotopic (exact) mass is 407 g/mol. The predicted octanol–water partition coefficient (Wildman–Crippen LogP) is 1.95. The van der Waals surface area contributed by atoms with Gasteiger partial charge in [-0.1, -0.05) is 20.8 Å². The van der Waals surface area contributed by atoms with Gasteiger partial charge in [0.1, 0.15) is 6.61 Å². The van der Waals surface area contributed by atoms with Gasteiger partial charge in [0.15, 0.2) is 0 Å². The Morgan fingerprint density at radius 2 is 2.03 bits per heavy atom. The Hall–Kier alpha value is -1.65. The van der Waals surface area contributed by atoms with Gasteiger partial charge in [-0.3, -0.25) is 9.59 Å². The highest BCUT2D eigenvalue weighted by Crippen LogP contribution is 2.55. The maximum absolute atomic E-state index is 12.8. The number of amides is 2. The van der Waals surface area contributed by atoms with Gasteiger partial charge in [-0.15, -0.1) is 0 Å². The van der Waals surface area contributed by atoms with Crippen LogP contribution in [-0.2, 0) is 14.3 Å². The molecule has 2 N–H and O–H groups in total. The summed E-state index contributed by atoms with van der Waals surface area (Å²) in [6.07, 6.45) is 3.36. The predicted molar refractivity (Wildman–Crippen MR) is 110 cm³/mol. The van der Waals surface area contributed by atoms with Crippen molar-refractivity contribution in [2.75, 3.05) is 27.3 Å². The van der Waals surface area contributed by atoms with Crippen molar-refractivity contribution in [3.8, 4) is 6.07 Å². The summed E-state index contributed by atoms with van der Waals surface area (Å²) in [4.78, 5) is 26.5. The van der Waals surface area contributed by atoms with Crippen LogP contribution in [0.3, 0.4) is 0 Å². The number of ether oxygens (including phenoxy) is 1. The minimum absolute atomic E-state index is 0.00781. The molecule has 7 heteroatoms. The molecule has 0 radical (unpaired) electrons. The summed E-state index contributed by atoms with van der Waals surface area (Å²) in [5.74, 6) is -0.401. The number of methoxy groups -OCH3 is 1. The SMILES string of the molecule is COCC(=O)N[C@H]1CC[C@]2(C)CC[C@@H]([C@H](C)C(=O)N(C)CCC#N)[C@H](O)[C@H]2[C@@H]1C. The smallest absolute Gasteiger partial charge is 0.246 e. The van der Waals surface area contributed by atoms with Crippen molar-refractivity contribution < 1.29 is 19.4 Å². The van der Waals surface area contributed by atoms with E-state index in [1.165, 1.54) is 7.11 Å². The van der Waals surface area contributed by atoms with E-state index in [1.807, 2.05) is 6.92 Å². The van der Waals surface area contributed by atoms with Gasteiger partial charge in [-0.25, -0.2) is 0 Å². The summed E-state index contributed by atoms with van der Waals surface area (Å²) in [5, 5.41) is 23.2. The van der Waals surface area contributed by atoms with Crippen LogP contribution in [0.1, 0.15) is 52.9 Å². The van der Waals surface area contributed by atoms with Crippen molar-refractivity contribution in [3.63, 3.8) is 0 Å². The fourth-order valence-corrected chi connectivity index (χ4v) is 5.74. The van der Waals surface area contributed by atoms with Crippen molar-refractivity contribution in [3.05, 3.63) is 0 Å². The molecule has 0 bridgehead atoms. The molecule has 0 aromatic rings. The van der Waals surface area contributed by atoms with Crippen LogP contribution in [0.5, 0.6) is 0 Å². The molecule has 2 amide bonds. The van der Waals surface area contributed by atoms with Crippen molar-refractivity contribution in [1.29, 1.82) is 5.26 Å². The van der Waals surface area contributed by atoms with Crippen LogP contribution < -0.4 is 5.32 Å². The standard InChI is InChI=1S/C22H37N3O4/c1-14(21(28)25(4)12-6-11-23)16-7-9-22(3)10-8-17(24-18(26)13-29-5)15(2)19(22)20(16)27/h14-17,19-20,27H,6-10,12-13H2,1-5H3,(H,24,26)/t14-,15+,16-,17-,19+,20-,22-/m0/s1. The van der Waals surface area contributed by atoms with Gasteiger partial charge in [0.2, 0.25) is 11.8 Å². The van der Waals surface area contributed by atoms with Crippen LogP contribution in [0.2, 0.25) is 0 Å². The molecule has 2 fully saturated rings. The minimum Gasteiger partial charge on any atom is -0.392 e. The van der Waals surface area contributed by atoms with Crippen molar-refractivity contribution in [1.82, 2.24) is 10.2 Å². The van der Waals surface area contributed by atoms with Gasteiger partial charge in [-0.05, 0) is 48.9 Å². The molecule has 2 aliphatic rings. The number of fused-ring (bicyclic) bond motifs is 1. The Bertz CT molecular complexity index is 634. The second-order valence-corrected chi connectivity index (χ2v) is 9.33. The van der Waals surface area contributed by atoms with Gasteiger partial charge in [-0.2, -0.15) is 5.26 Å². The zero-order valence-corrected chi connectivity index (χ0v) is 18.5. The molecule has 0 aromatic carbocycles. The first-order chi connectivity index (χ1) is 13.7. The third kappa shape index (κ3) is 5.10. The third-order valence-electron chi connectivity index (χ3n) is 7.48. The van der Waals surface area contributed by atoms with Gasteiger partial charge < -0.3 is 20.1 Å². The lowest BCUT2D eigenvalue weighted by Crippen LogP contribution is -2.58. The van der Waals surface area contributed by atoms with E-state index in [1.54, 1.807) is 11.9 Å². The summed E-state index contributed by atoms with van der Waals surface area (Å²) < 4.78 is 4.93. The second kappa shape index (κ2) is 9.90. The summed E-state index contributed by atoms with van der Waals surface area (Å²) in [7, 11) is 3.22. The van der Waals surface area contributed by atoms with Gasteiger partial charge >= 0.3 is 0 Å². The van der Waals surface area contributed by atoms with Gasteiger partial charge in [0.05, 0.1) is 18.6 Å². The number of carbonyl (C=O) groups excluding carboxylic acids is 2. The largest absolute Gasteiger partial charge is 0.392 e. The molecule has 7 nitrogen and oxygen atoms in total. The zero-order chi connectivity index (χ0) is 21.8. The molecular weight excluding hydrogens is 370 g/mol. The number of nitrogens with zero attached hydrogens (tertiary/aromatic N) is 2. The highest BCUT2D eigenvalue weighted by Gasteiger charge is 2.54. The summed E-state index contributed by atoms with van der Waals surface area (Å²) >= 11 is 0. The Labute approximate surface area is 174 Å². The highest BCUT2D eigenvalue weighted by atomic mass is 16.5. The Morgan fingerprint density at radius 1 is 1.38 bits per heavy atom. The molecule has 2 aliphatic carbocycles. The summed E-state index contributed by atoms with van der Waals surface area (Å²) in [6.45, 7) is 6.70. The maximum atomic E-state index is 12.8. The lowest BCUT2D eigenvalue weighted by atomic mass is 9.51. The fraction of sp³-hybridized carbons (Fsp3) is 0.864. The van der Waals surface area contributed by atoms with Gasteiger partial charge in [0.25, 0.3) is 0 Å². The molecule has 164 valence electrons. The van der Waals surface area contributed by atoms with E-state index in [4.69, 9.17) is 10.00 Å². The van der Waals surface area contributed by atoms with Crippen LogP contribution >= 0.6 is 0 Å². The number of hydrogen-bond donors (Lipinski definition) is 2. The number of nitrogens with one attached hydrogen (secondary N) is 1. The number of nitriles is 1. The molecule has 2 saturated carbocycles. The lowest BCUT2D eigenvalue weighted by molar-refractivity contribution is -0.150. The normalized spacial score (nSPS) is 35.1. The first-order valence-corrected chi connectivity index (χ1v) is 10.7. The molecule has 0 aromatic heterocycles. The van der Waals surface area contributed by atoms with Crippen LogP contribution in [0.4, 0.5) is 0 Å². The molecule has 0 heterocycles. The molecular formula is C22H37N3O4. The van der Waals surface area contributed by atoms with Crippen LogP contribution in [0.25, 0.3) is 0 Å². The molecule has 29 heavy (non-hydrogen) atoms.